The number of carboxylic acid groups (broad SMARTS) is 1. The van der Waals surface area contributed by atoms with Crippen molar-refractivity contribution in [3.8, 4) is 28.4 Å². The van der Waals surface area contributed by atoms with E-state index in [4.69, 9.17) is 14.2 Å². The van der Waals surface area contributed by atoms with Crippen LogP contribution in [0.2, 0.25) is 0 Å². The first kappa shape index (κ1) is 25.4. The summed E-state index contributed by atoms with van der Waals surface area (Å²) in [6, 6.07) is 28.3. The average molecular weight is 509 g/mol. The Morgan fingerprint density at radius 1 is 0.895 bits per heavy atom. The van der Waals surface area contributed by atoms with Gasteiger partial charge < -0.3 is 19.3 Å². The molecule has 2 unspecified atom stereocenters. The largest absolute Gasteiger partial charge is 0.492 e. The van der Waals surface area contributed by atoms with Crippen molar-refractivity contribution in [2.75, 3.05) is 6.61 Å². The van der Waals surface area contributed by atoms with Crippen LogP contribution in [0.25, 0.3) is 11.1 Å². The molecule has 1 aliphatic heterocycles. The van der Waals surface area contributed by atoms with E-state index in [1.165, 1.54) is 16.7 Å². The molecule has 1 aliphatic rings. The lowest BCUT2D eigenvalue weighted by molar-refractivity contribution is -0.142. The highest BCUT2D eigenvalue weighted by Crippen LogP contribution is 2.41. The number of rotatable bonds is 9. The highest BCUT2D eigenvalue weighted by atomic mass is 16.5. The second kappa shape index (κ2) is 11.0. The summed E-state index contributed by atoms with van der Waals surface area (Å²) < 4.78 is 18.2. The fourth-order valence-electron chi connectivity index (χ4n) is 5.02. The third-order valence-electron chi connectivity index (χ3n) is 7.23. The van der Waals surface area contributed by atoms with E-state index in [2.05, 4.69) is 50.2 Å². The Kier molecular flexibility index (Phi) is 7.36. The van der Waals surface area contributed by atoms with Gasteiger partial charge in [-0.3, -0.25) is 4.79 Å². The molecule has 0 aliphatic carbocycles. The van der Waals surface area contributed by atoms with Gasteiger partial charge >= 0.3 is 5.97 Å². The summed E-state index contributed by atoms with van der Waals surface area (Å²) in [5.74, 6) is 0.739. The van der Waals surface area contributed by atoms with Crippen LogP contribution >= 0.6 is 0 Å². The van der Waals surface area contributed by atoms with Crippen LogP contribution in [0, 0.1) is 19.8 Å². The fraction of sp³-hybridized carbons (Fsp3) is 0.242. The van der Waals surface area contributed by atoms with Crippen molar-refractivity contribution < 1.29 is 24.1 Å². The minimum atomic E-state index is -0.817. The third kappa shape index (κ3) is 5.37. The summed E-state index contributed by atoms with van der Waals surface area (Å²) >= 11 is 0. The Bertz CT molecular complexity index is 1420. The zero-order valence-electron chi connectivity index (χ0n) is 21.9. The number of benzene rings is 4. The summed E-state index contributed by atoms with van der Waals surface area (Å²) in [5.41, 5.74) is 7.65. The summed E-state index contributed by atoms with van der Waals surface area (Å²) in [5, 5.41) is 9.39. The molecular weight excluding hydrogens is 476 g/mol. The zero-order chi connectivity index (χ0) is 26.6. The molecule has 4 aromatic carbocycles. The molecule has 5 nitrogen and oxygen atoms in total. The molecule has 5 heteroatoms. The van der Waals surface area contributed by atoms with Gasteiger partial charge in [-0.15, -0.1) is 0 Å². The molecule has 5 rings (SSSR count). The first-order valence-electron chi connectivity index (χ1n) is 12.9. The molecule has 0 bridgehead atoms. The lowest BCUT2D eigenvalue weighted by Crippen LogP contribution is -2.19. The predicted octanol–water partition coefficient (Wildman–Crippen LogP) is 7.33. The van der Waals surface area contributed by atoms with Crippen molar-refractivity contribution in [2.24, 2.45) is 5.92 Å². The van der Waals surface area contributed by atoms with Gasteiger partial charge in [-0.25, -0.2) is 0 Å². The maximum atomic E-state index is 11.4. The van der Waals surface area contributed by atoms with Gasteiger partial charge in [-0.05, 0) is 59.9 Å². The highest BCUT2D eigenvalue weighted by molar-refractivity contribution is 5.76. The van der Waals surface area contributed by atoms with E-state index in [9.17, 15) is 9.90 Å². The van der Waals surface area contributed by atoms with Gasteiger partial charge in [0.2, 0.25) is 0 Å². The first-order valence-corrected chi connectivity index (χ1v) is 12.9. The molecule has 0 aromatic heterocycles. The zero-order valence-corrected chi connectivity index (χ0v) is 21.9. The molecule has 194 valence electrons. The molecule has 0 spiro atoms. The van der Waals surface area contributed by atoms with Gasteiger partial charge in [0.1, 0.15) is 30.5 Å². The van der Waals surface area contributed by atoms with Crippen LogP contribution in [0.3, 0.4) is 0 Å². The molecule has 1 N–H and O–H groups in total. The van der Waals surface area contributed by atoms with Crippen molar-refractivity contribution in [3.63, 3.8) is 0 Å². The molecule has 2 atom stereocenters. The van der Waals surface area contributed by atoms with E-state index in [1.54, 1.807) is 6.92 Å². The fourth-order valence-corrected chi connectivity index (χ4v) is 5.02. The number of hydrogen-bond donors (Lipinski definition) is 1. The summed E-state index contributed by atoms with van der Waals surface area (Å²) in [6.45, 7) is 7.20. The molecule has 0 fully saturated rings. The lowest BCUT2D eigenvalue weighted by atomic mass is 9.89. The molecule has 0 saturated heterocycles. The van der Waals surface area contributed by atoms with Crippen LogP contribution in [0.15, 0.2) is 84.9 Å². The normalized spacial score (nSPS) is 14.9. The van der Waals surface area contributed by atoms with Crippen LogP contribution < -0.4 is 14.2 Å². The predicted molar refractivity (Wildman–Crippen MR) is 148 cm³/mol. The van der Waals surface area contributed by atoms with E-state index in [0.717, 1.165) is 28.0 Å². The number of ether oxygens (including phenoxy) is 3. The smallest absolute Gasteiger partial charge is 0.306 e. The van der Waals surface area contributed by atoms with Crippen LogP contribution in [-0.2, 0) is 18.0 Å². The van der Waals surface area contributed by atoms with Crippen LogP contribution in [0.1, 0.15) is 40.7 Å². The maximum absolute atomic E-state index is 11.4. The van der Waals surface area contributed by atoms with Crippen LogP contribution in [0.5, 0.6) is 17.2 Å². The standard InChI is InChI=1S/C33H32O5/c1-21-8-7-9-22(2)32(21)28-16-25(12-15-30(28)37-18-24-10-5-4-6-11-24)19-36-26-13-14-27-29(23(3)33(34)35)20-38-31(27)17-26/h4-17,23,29H,18-20H2,1-3H3,(H,34,35). The van der Waals surface area contributed by atoms with Crippen LogP contribution in [0.4, 0.5) is 0 Å². The minimum Gasteiger partial charge on any atom is -0.492 e. The Hall–Kier alpha value is -4.25. The number of fused-ring (bicyclic) bond motifs is 1. The van der Waals surface area contributed by atoms with E-state index in [0.29, 0.717) is 31.3 Å². The van der Waals surface area contributed by atoms with Crippen molar-refractivity contribution in [2.45, 2.75) is 39.9 Å². The van der Waals surface area contributed by atoms with E-state index >= 15 is 0 Å². The number of carboxylic acids is 1. The van der Waals surface area contributed by atoms with Gasteiger partial charge in [0.25, 0.3) is 0 Å². The molecule has 0 saturated carbocycles. The monoisotopic (exact) mass is 508 g/mol. The minimum absolute atomic E-state index is 0.153. The number of aliphatic carboxylic acids is 1. The number of carbonyl (C=O) groups is 1. The van der Waals surface area contributed by atoms with E-state index in [-0.39, 0.29) is 5.92 Å². The molecule has 4 aromatic rings. The van der Waals surface area contributed by atoms with Crippen molar-refractivity contribution in [1.29, 1.82) is 0 Å². The molecule has 38 heavy (non-hydrogen) atoms. The maximum Gasteiger partial charge on any atom is 0.306 e. The van der Waals surface area contributed by atoms with Crippen molar-refractivity contribution >= 4 is 5.97 Å². The topological polar surface area (TPSA) is 65.0 Å². The SMILES string of the molecule is Cc1cccc(C)c1-c1cc(COc2ccc3c(c2)OCC3C(C)C(=O)O)ccc1OCc1ccccc1. The Labute approximate surface area is 223 Å². The van der Waals surface area contributed by atoms with Gasteiger partial charge in [-0.2, -0.15) is 0 Å². The molecule has 0 amide bonds. The molecule has 1 heterocycles. The highest BCUT2D eigenvalue weighted by Gasteiger charge is 2.33. The lowest BCUT2D eigenvalue weighted by Gasteiger charge is -2.17. The quantitative estimate of drug-likeness (QED) is 0.256. The van der Waals surface area contributed by atoms with Gasteiger partial charge in [0, 0.05) is 23.1 Å². The van der Waals surface area contributed by atoms with E-state index < -0.39 is 11.9 Å². The van der Waals surface area contributed by atoms with E-state index in [1.807, 2.05) is 48.5 Å². The second-order valence-electron chi connectivity index (χ2n) is 9.90. The summed E-state index contributed by atoms with van der Waals surface area (Å²) in [6.07, 6.45) is 0. The number of hydrogen-bond acceptors (Lipinski definition) is 4. The molecule has 0 radical (unpaired) electrons. The summed E-state index contributed by atoms with van der Waals surface area (Å²) in [7, 11) is 0. The summed E-state index contributed by atoms with van der Waals surface area (Å²) in [4.78, 5) is 11.4. The second-order valence-corrected chi connectivity index (χ2v) is 9.90. The Balaban J connectivity index is 1.37. The van der Waals surface area contributed by atoms with Gasteiger partial charge in [0.05, 0.1) is 12.5 Å². The van der Waals surface area contributed by atoms with Gasteiger partial charge in [0.15, 0.2) is 0 Å². The Morgan fingerprint density at radius 2 is 1.63 bits per heavy atom. The van der Waals surface area contributed by atoms with Crippen molar-refractivity contribution in [3.05, 3.63) is 113 Å². The number of aryl methyl sites for hydroxylation is 2. The Morgan fingerprint density at radius 3 is 2.37 bits per heavy atom. The van der Waals surface area contributed by atoms with Crippen molar-refractivity contribution in [1.82, 2.24) is 0 Å². The first-order chi connectivity index (χ1) is 18.4. The third-order valence-corrected chi connectivity index (χ3v) is 7.23. The van der Waals surface area contributed by atoms with Gasteiger partial charge in [-0.1, -0.05) is 67.6 Å². The van der Waals surface area contributed by atoms with Crippen LogP contribution in [-0.4, -0.2) is 17.7 Å². The average Bonchev–Trinajstić information content (AvgIpc) is 3.34. The molecular formula is C33H32O5.